The van der Waals surface area contributed by atoms with Gasteiger partial charge in [-0.3, -0.25) is 15.6 Å². The number of likely N-dealkylation sites (N-methyl/N-ethyl adjacent to an activating group) is 1. The number of hydrazine groups is 1. The molecule has 3 rings (SSSR count). The number of nitrogens with zero attached hydrogens (tertiary/aromatic N) is 1. The molecule has 0 saturated carbocycles. The molecule has 144 valence electrons. The molecule has 4 nitrogen and oxygen atoms in total. The highest BCUT2D eigenvalue weighted by Crippen LogP contribution is 2.24. The molecule has 0 aliphatic carbocycles. The van der Waals surface area contributed by atoms with E-state index in [0.717, 1.165) is 31.4 Å². The fourth-order valence-electron chi connectivity index (χ4n) is 3.37. The van der Waals surface area contributed by atoms with E-state index in [1.54, 1.807) is 17.0 Å². The second-order valence-electron chi connectivity index (χ2n) is 7.07. The predicted octanol–water partition coefficient (Wildman–Crippen LogP) is 3.98. The van der Waals surface area contributed by atoms with Gasteiger partial charge in [-0.25, -0.2) is 4.39 Å². The first-order valence-corrected chi connectivity index (χ1v) is 10.1. The molecule has 2 unspecified atom stereocenters. The third-order valence-electron chi connectivity index (χ3n) is 5.00. The summed E-state index contributed by atoms with van der Waals surface area (Å²) >= 11 is 3.16. The van der Waals surface area contributed by atoms with Crippen LogP contribution >= 0.6 is 15.9 Å². The number of benzene rings is 2. The van der Waals surface area contributed by atoms with Crippen LogP contribution in [0.5, 0.6) is 0 Å². The molecule has 2 aromatic carbocycles. The highest BCUT2D eigenvalue weighted by atomic mass is 79.9. The summed E-state index contributed by atoms with van der Waals surface area (Å²) in [5.74, 6) is -0.265. The Kier molecular flexibility index (Phi) is 6.99. The van der Waals surface area contributed by atoms with Gasteiger partial charge in [0, 0.05) is 25.7 Å². The standard InChI is InChI=1S/C21H25BrFN3O/c1-26(21(27)13-15-9-10-19(23)18(22)12-15)11-5-8-17-14-20(25-24-17)16-6-3-2-4-7-16/h2-4,6-7,9-10,12,17,20,24-25H,5,8,11,13-14H2,1H3. The summed E-state index contributed by atoms with van der Waals surface area (Å²) in [6.45, 7) is 0.718. The van der Waals surface area contributed by atoms with Gasteiger partial charge in [0.2, 0.25) is 5.91 Å². The molecule has 1 amide bonds. The maximum absolute atomic E-state index is 13.3. The lowest BCUT2D eigenvalue weighted by Crippen LogP contribution is -2.33. The van der Waals surface area contributed by atoms with E-state index in [0.29, 0.717) is 16.6 Å². The molecule has 2 aromatic rings. The summed E-state index contributed by atoms with van der Waals surface area (Å²) in [7, 11) is 1.83. The predicted molar refractivity (Wildman–Crippen MR) is 109 cm³/mol. The highest BCUT2D eigenvalue weighted by molar-refractivity contribution is 9.10. The average Bonchev–Trinajstić information content (AvgIpc) is 3.14. The highest BCUT2D eigenvalue weighted by Gasteiger charge is 2.24. The van der Waals surface area contributed by atoms with E-state index in [9.17, 15) is 9.18 Å². The normalized spacial score (nSPS) is 19.2. The summed E-state index contributed by atoms with van der Waals surface area (Å²) < 4.78 is 13.7. The van der Waals surface area contributed by atoms with Gasteiger partial charge in [-0.1, -0.05) is 36.4 Å². The van der Waals surface area contributed by atoms with Crippen molar-refractivity contribution in [1.29, 1.82) is 0 Å². The van der Waals surface area contributed by atoms with E-state index in [1.807, 2.05) is 13.1 Å². The van der Waals surface area contributed by atoms with Crippen LogP contribution in [-0.4, -0.2) is 30.4 Å². The summed E-state index contributed by atoms with van der Waals surface area (Å²) in [6.07, 6.45) is 3.28. The summed E-state index contributed by atoms with van der Waals surface area (Å²) in [5.41, 5.74) is 8.84. The zero-order valence-corrected chi connectivity index (χ0v) is 17.0. The van der Waals surface area contributed by atoms with E-state index in [4.69, 9.17) is 0 Å². The van der Waals surface area contributed by atoms with Crippen LogP contribution in [0, 0.1) is 5.82 Å². The van der Waals surface area contributed by atoms with Crippen molar-refractivity contribution in [2.75, 3.05) is 13.6 Å². The van der Waals surface area contributed by atoms with Crippen molar-refractivity contribution >= 4 is 21.8 Å². The van der Waals surface area contributed by atoms with Gasteiger partial charge in [0.1, 0.15) is 5.82 Å². The SMILES string of the molecule is CN(CCCC1CC(c2ccccc2)NN1)C(=O)Cc1ccc(F)c(Br)c1. The fraction of sp³-hybridized carbons (Fsp3) is 0.381. The molecular formula is C21H25BrFN3O. The van der Waals surface area contributed by atoms with Gasteiger partial charge in [0.25, 0.3) is 0 Å². The summed E-state index contributed by atoms with van der Waals surface area (Å²) in [6, 6.07) is 15.9. The van der Waals surface area contributed by atoms with Crippen molar-refractivity contribution in [3.63, 3.8) is 0 Å². The second-order valence-corrected chi connectivity index (χ2v) is 7.92. The van der Waals surface area contributed by atoms with E-state index < -0.39 is 0 Å². The topological polar surface area (TPSA) is 44.4 Å². The molecule has 1 saturated heterocycles. The minimum absolute atomic E-state index is 0.0492. The van der Waals surface area contributed by atoms with Crippen molar-refractivity contribution in [1.82, 2.24) is 15.8 Å². The quantitative estimate of drug-likeness (QED) is 0.693. The zero-order valence-electron chi connectivity index (χ0n) is 15.4. The van der Waals surface area contributed by atoms with Gasteiger partial charge < -0.3 is 4.90 Å². The van der Waals surface area contributed by atoms with Gasteiger partial charge in [-0.2, -0.15) is 0 Å². The molecule has 0 aromatic heterocycles. The first-order chi connectivity index (χ1) is 13.0. The molecule has 6 heteroatoms. The minimum Gasteiger partial charge on any atom is -0.345 e. The Morgan fingerprint density at radius 1 is 1.22 bits per heavy atom. The fourth-order valence-corrected chi connectivity index (χ4v) is 3.80. The Balaban J connectivity index is 1.39. The third-order valence-corrected chi connectivity index (χ3v) is 5.60. The number of rotatable bonds is 7. The lowest BCUT2D eigenvalue weighted by molar-refractivity contribution is -0.129. The van der Waals surface area contributed by atoms with Crippen LogP contribution in [0.1, 0.15) is 36.4 Å². The molecule has 0 bridgehead atoms. The van der Waals surface area contributed by atoms with Crippen LogP contribution in [0.25, 0.3) is 0 Å². The number of halogens is 2. The second kappa shape index (κ2) is 9.44. The summed E-state index contributed by atoms with van der Waals surface area (Å²) in [5, 5.41) is 0. The van der Waals surface area contributed by atoms with Gasteiger partial charge in [-0.05, 0) is 58.5 Å². The molecule has 1 heterocycles. The Hall–Kier alpha value is -1.76. The number of nitrogens with one attached hydrogen (secondary N) is 2. The van der Waals surface area contributed by atoms with E-state index in [-0.39, 0.29) is 18.1 Å². The molecule has 0 spiro atoms. The maximum Gasteiger partial charge on any atom is 0.226 e. The van der Waals surface area contributed by atoms with Crippen molar-refractivity contribution < 1.29 is 9.18 Å². The lowest BCUT2D eigenvalue weighted by Gasteiger charge is -2.18. The Morgan fingerprint density at radius 2 is 2.00 bits per heavy atom. The van der Waals surface area contributed by atoms with E-state index in [2.05, 4.69) is 51.0 Å². The maximum atomic E-state index is 13.3. The molecule has 2 N–H and O–H groups in total. The van der Waals surface area contributed by atoms with E-state index in [1.165, 1.54) is 11.6 Å². The average molecular weight is 434 g/mol. The van der Waals surface area contributed by atoms with Crippen molar-refractivity contribution in [3.8, 4) is 0 Å². The van der Waals surface area contributed by atoms with Gasteiger partial charge in [-0.15, -0.1) is 0 Å². The summed E-state index contributed by atoms with van der Waals surface area (Å²) in [4.78, 5) is 14.1. The number of hydrogen-bond donors (Lipinski definition) is 2. The van der Waals surface area contributed by atoms with Crippen molar-refractivity contribution in [3.05, 3.63) is 69.9 Å². The van der Waals surface area contributed by atoms with Crippen LogP contribution in [0.15, 0.2) is 53.0 Å². The first kappa shape index (κ1) is 20.0. The van der Waals surface area contributed by atoms with Gasteiger partial charge in [0.15, 0.2) is 0 Å². The van der Waals surface area contributed by atoms with Crippen LogP contribution in [0.2, 0.25) is 0 Å². The number of hydrogen-bond acceptors (Lipinski definition) is 3. The molecule has 27 heavy (non-hydrogen) atoms. The lowest BCUT2D eigenvalue weighted by atomic mass is 10.00. The van der Waals surface area contributed by atoms with Crippen LogP contribution in [0.4, 0.5) is 4.39 Å². The molecule has 1 aliphatic rings. The Bertz CT molecular complexity index is 771. The molecule has 2 atom stereocenters. The number of carbonyl (C=O) groups is 1. The third kappa shape index (κ3) is 5.61. The van der Waals surface area contributed by atoms with Gasteiger partial charge in [0.05, 0.1) is 10.9 Å². The number of amides is 1. The van der Waals surface area contributed by atoms with Crippen LogP contribution in [0.3, 0.4) is 0 Å². The van der Waals surface area contributed by atoms with Gasteiger partial charge >= 0.3 is 0 Å². The Morgan fingerprint density at radius 3 is 2.74 bits per heavy atom. The Labute approximate surface area is 168 Å². The largest absolute Gasteiger partial charge is 0.345 e. The molecule has 0 radical (unpaired) electrons. The zero-order chi connectivity index (χ0) is 19.2. The van der Waals surface area contributed by atoms with Crippen molar-refractivity contribution in [2.45, 2.75) is 37.8 Å². The molecule has 1 aliphatic heterocycles. The monoisotopic (exact) mass is 433 g/mol. The number of carbonyl (C=O) groups excluding carboxylic acids is 1. The van der Waals surface area contributed by atoms with Crippen molar-refractivity contribution in [2.24, 2.45) is 0 Å². The van der Waals surface area contributed by atoms with Crippen LogP contribution < -0.4 is 10.9 Å². The first-order valence-electron chi connectivity index (χ1n) is 9.27. The molecule has 1 fully saturated rings. The molecular weight excluding hydrogens is 409 g/mol. The van der Waals surface area contributed by atoms with E-state index >= 15 is 0 Å². The minimum atomic E-state index is -0.314. The van der Waals surface area contributed by atoms with Crippen LogP contribution in [-0.2, 0) is 11.2 Å². The smallest absolute Gasteiger partial charge is 0.226 e.